The Balaban J connectivity index is 1.53. The molecule has 0 saturated carbocycles. The molecule has 1 aliphatic heterocycles. The monoisotopic (exact) mass is 389 g/mol. The first-order chi connectivity index (χ1) is 14.2. The van der Waals surface area contributed by atoms with E-state index in [0.717, 1.165) is 34.1 Å². The second-order valence-corrected chi connectivity index (χ2v) is 6.84. The van der Waals surface area contributed by atoms with E-state index in [0.29, 0.717) is 29.6 Å². The maximum absolute atomic E-state index is 6.23. The van der Waals surface area contributed by atoms with Crippen LogP contribution in [0.3, 0.4) is 0 Å². The number of ether oxygens (including phenoxy) is 4. The molecule has 4 aromatic rings. The van der Waals surface area contributed by atoms with Crippen molar-refractivity contribution in [1.29, 1.82) is 0 Å². The minimum Gasteiger partial charge on any atom is -0.493 e. The zero-order chi connectivity index (χ0) is 19.8. The number of methoxy groups -OCH3 is 1. The number of nitrogens with zero attached hydrogens (tertiary/aromatic N) is 3. The topological polar surface area (TPSA) is 78.9 Å². The maximum Gasteiger partial charge on any atom is 0.163 e. The molecule has 3 aromatic heterocycles. The fourth-order valence-corrected chi connectivity index (χ4v) is 3.15. The van der Waals surface area contributed by atoms with Crippen molar-refractivity contribution in [3.63, 3.8) is 0 Å². The van der Waals surface area contributed by atoms with Gasteiger partial charge in [-0.3, -0.25) is 9.97 Å². The second-order valence-electron chi connectivity index (χ2n) is 6.84. The number of hydrogen-bond acceptors (Lipinski definition) is 7. The van der Waals surface area contributed by atoms with Crippen LogP contribution in [0.15, 0.2) is 48.9 Å². The van der Waals surface area contributed by atoms with Crippen LogP contribution in [0.4, 0.5) is 0 Å². The Morgan fingerprint density at radius 1 is 1.03 bits per heavy atom. The predicted molar refractivity (Wildman–Crippen MR) is 108 cm³/mol. The lowest BCUT2D eigenvalue weighted by molar-refractivity contribution is 0.252. The van der Waals surface area contributed by atoms with Crippen molar-refractivity contribution in [1.82, 2.24) is 15.0 Å². The van der Waals surface area contributed by atoms with E-state index in [1.165, 1.54) is 0 Å². The number of benzene rings is 1. The number of aryl methyl sites for hydroxylation is 1. The van der Waals surface area contributed by atoms with Gasteiger partial charge in [0.2, 0.25) is 0 Å². The van der Waals surface area contributed by atoms with Crippen molar-refractivity contribution in [2.24, 2.45) is 0 Å². The second kappa shape index (κ2) is 7.18. The highest BCUT2D eigenvalue weighted by atomic mass is 16.6. The predicted octanol–water partition coefficient (Wildman–Crippen LogP) is 4.06. The molecule has 146 valence electrons. The fourth-order valence-electron chi connectivity index (χ4n) is 3.15. The normalized spacial score (nSPS) is 15.4. The largest absolute Gasteiger partial charge is 0.493 e. The summed E-state index contributed by atoms with van der Waals surface area (Å²) >= 11 is 0. The Kier molecular flexibility index (Phi) is 4.37. The molecule has 0 radical (unpaired) electrons. The number of fused-ring (bicyclic) bond motifs is 2. The summed E-state index contributed by atoms with van der Waals surface area (Å²) in [6.07, 6.45) is 5.38. The average Bonchev–Trinajstić information content (AvgIpc) is 3.57. The molecule has 4 heterocycles. The molecular weight excluding hydrogens is 370 g/mol. The van der Waals surface area contributed by atoms with Gasteiger partial charge in [0.05, 0.1) is 30.4 Å². The van der Waals surface area contributed by atoms with Crippen LogP contribution >= 0.6 is 0 Å². The van der Waals surface area contributed by atoms with E-state index in [1.807, 2.05) is 37.3 Å². The van der Waals surface area contributed by atoms with Gasteiger partial charge in [-0.2, -0.15) is 0 Å². The van der Waals surface area contributed by atoms with E-state index >= 15 is 0 Å². The molecule has 7 heteroatoms. The minimum absolute atomic E-state index is 0.163. The molecule has 1 saturated heterocycles. The van der Waals surface area contributed by atoms with Crippen LogP contribution in [-0.4, -0.2) is 41.4 Å². The van der Waals surface area contributed by atoms with Gasteiger partial charge in [0.25, 0.3) is 0 Å². The van der Waals surface area contributed by atoms with E-state index in [2.05, 4.69) is 15.0 Å². The average molecular weight is 389 g/mol. The maximum atomic E-state index is 6.23. The van der Waals surface area contributed by atoms with Crippen molar-refractivity contribution >= 4 is 21.8 Å². The van der Waals surface area contributed by atoms with Crippen molar-refractivity contribution in [2.75, 3.05) is 20.3 Å². The summed E-state index contributed by atoms with van der Waals surface area (Å²) in [6.45, 7) is 3.15. The van der Waals surface area contributed by atoms with E-state index < -0.39 is 0 Å². The Hall–Kier alpha value is -3.45. The summed E-state index contributed by atoms with van der Waals surface area (Å²) in [5.74, 6) is 2.59. The molecule has 1 fully saturated rings. The molecule has 7 nitrogen and oxygen atoms in total. The van der Waals surface area contributed by atoms with Gasteiger partial charge in [-0.25, -0.2) is 4.98 Å². The standard InChI is InChI=1S/C22H19N3O4/c1-13-20(7-14-10-23-5-3-17(14)25-13)29-19-4-6-24-18-9-22(28-12-15-11-27-15)21(26-2)8-16(18)19/h3-10,15H,11-12H2,1-2H3. The Bertz CT molecular complexity index is 1210. The molecule has 0 aliphatic carbocycles. The highest BCUT2D eigenvalue weighted by Gasteiger charge is 2.24. The zero-order valence-corrected chi connectivity index (χ0v) is 16.1. The highest BCUT2D eigenvalue weighted by molar-refractivity contribution is 5.88. The summed E-state index contributed by atoms with van der Waals surface area (Å²) in [4.78, 5) is 13.2. The van der Waals surface area contributed by atoms with Crippen LogP contribution in [0.5, 0.6) is 23.0 Å². The van der Waals surface area contributed by atoms with Gasteiger partial charge in [0.15, 0.2) is 11.5 Å². The SMILES string of the molecule is COc1cc2c(Oc3cc4cnccc4nc3C)ccnc2cc1OCC1CO1. The zero-order valence-electron chi connectivity index (χ0n) is 16.1. The molecule has 0 spiro atoms. The summed E-state index contributed by atoms with van der Waals surface area (Å²) in [7, 11) is 1.61. The van der Waals surface area contributed by atoms with Gasteiger partial charge in [-0.05, 0) is 31.2 Å². The lowest BCUT2D eigenvalue weighted by Gasteiger charge is -2.14. The molecule has 1 aromatic carbocycles. The summed E-state index contributed by atoms with van der Waals surface area (Å²) in [5, 5.41) is 1.74. The molecule has 29 heavy (non-hydrogen) atoms. The lowest BCUT2D eigenvalue weighted by Crippen LogP contribution is -2.05. The van der Waals surface area contributed by atoms with Crippen LogP contribution in [0, 0.1) is 6.92 Å². The highest BCUT2D eigenvalue weighted by Crippen LogP contribution is 2.38. The van der Waals surface area contributed by atoms with E-state index in [4.69, 9.17) is 18.9 Å². The summed E-state index contributed by atoms with van der Waals surface area (Å²) in [5.41, 5.74) is 2.43. The van der Waals surface area contributed by atoms with E-state index in [-0.39, 0.29) is 6.10 Å². The van der Waals surface area contributed by atoms with Gasteiger partial charge in [0.1, 0.15) is 24.2 Å². The minimum atomic E-state index is 0.163. The van der Waals surface area contributed by atoms with Gasteiger partial charge in [-0.15, -0.1) is 0 Å². The number of aromatic nitrogens is 3. The van der Waals surface area contributed by atoms with Crippen LogP contribution < -0.4 is 14.2 Å². The quantitative estimate of drug-likeness (QED) is 0.460. The van der Waals surface area contributed by atoms with Gasteiger partial charge < -0.3 is 18.9 Å². The van der Waals surface area contributed by atoms with Crippen molar-refractivity contribution < 1.29 is 18.9 Å². The number of pyridine rings is 3. The van der Waals surface area contributed by atoms with Crippen LogP contribution in [0.1, 0.15) is 5.69 Å². The third-order valence-corrected chi connectivity index (χ3v) is 4.79. The molecule has 0 N–H and O–H groups in total. The van der Waals surface area contributed by atoms with Gasteiger partial charge >= 0.3 is 0 Å². The molecule has 0 bridgehead atoms. The lowest BCUT2D eigenvalue weighted by atomic mass is 10.1. The number of rotatable bonds is 6. The first-order valence-electron chi connectivity index (χ1n) is 9.31. The van der Waals surface area contributed by atoms with Crippen LogP contribution in [-0.2, 0) is 4.74 Å². The molecule has 1 unspecified atom stereocenters. The van der Waals surface area contributed by atoms with Gasteiger partial charge in [-0.1, -0.05) is 0 Å². The Morgan fingerprint density at radius 2 is 1.93 bits per heavy atom. The van der Waals surface area contributed by atoms with Crippen LogP contribution in [0.25, 0.3) is 21.8 Å². The number of hydrogen-bond donors (Lipinski definition) is 0. The fraction of sp³-hybridized carbons (Fsp3) is 0.227. The smallest absolute Gasteiger partial charge is 0.163 e. The molecular formula is C22H19N3O4. The van der Waals surface area contributed by atoms with Crippen molar-refractivity contribution in [3.8, 4) is 23.0 Å². The first-order valence-corrected chi connectivity index (χ1v) is 9.31. The first kappa shape index (κ1) is 17.6. The van der Waals surface area contributed by atoms with Crippen molar-refractivity contribution in [3.05, 3.63) is 54.6 Å². The molecule has 5 rings (SSSR count). The third-order valence-electron chi connectivity index (χ3n) is 4.79. The third kappa shape index (κ3) is 3.52. The van der Waals surface area contributed by atoms with Gasteiger partial charge in [0, 0.05) is 35.4 Å². The molecule has 1 aliphatic rings. The number of epoxide rings is 1. The van der Waals surface area contributed by atoms with E-state index in [1.54, 1.807) is 25.7 Å². The Morgan fingerprint density at radius 3 is 2.76 bits per heavy atom. The molecule has 1 atom stereocenters. The van der Waals surface area contributed by atoms with Crippen LogP contribution in [0.2, 0.25) is 0 Å². The van der Waals surface area contributed by atoms with E-state index in [9.17, 15) is 0 Å². The molecule has 0 amide bonds. The summed E-state index contributed by atoms with van der Waals surface area (Å²) < 4.78 is 22.8. The Labute approximate surface area is 167 Å². The van der Waals surface area contributed by atoms with Crippen molar-refractivity contribution in [2.45, 2.75) is 13.0 Å². The summed E-state index contributed by atoms with van der Waals surface area (Å²) in [6, 6.07) is 9.40.